The Balaban J connectivity index is 2.26. The number of hydrogen-bond acceptors (Lipinski definition) is 4. The third-order valence-electron chi connectivity index (χ3n) is 5.04. The van der Waals surface area contributed by atoms with Gasteiger partial charge in [0.05, 0.1) is 23.4 Å². The van der Waals surface area contributed by atoms with Crippen molar-refractivity contribution in [2.24, 2.45) is 5.92 Å². The summed E-state index contributed by atoms with van der Waals surface area (Å²) in [6.45, 7) is 1.33. The predicted octanol–water partition coefficient (Wildman–Crippen LogP) is 5.84. The highest BCUT2D eigenvalue weighted by atomic mass is 35.5. The van der Waals surface area contributed by atoms with Gasteiger partial charge in [0.25, 0.3) is 0 Å². The van der Waals surface area contributed by atoms with Crippen molar-refractivity contribution in [3.63, 3.8) is 0 Å². The van der Waals surface area contributed by atoms with Crippen molar-refractivity contribution in [3.05, 3.63) is 63.2 Å². The molecule has 0 aliphatic rings. The number of halogens is 8. The average molecular weight is 516 g/mol. The van der Waals surface area contributed by atoms with Gasteiger partial charge in [-0.2, -0.15) is 13.2 Å². The second-order valence-corrected chi connectivity index (χ2v) is 7.68. The van der Waals surface area contributed by atoms with Crippen molar-refractivity contribution < 1.29 is 50.2 Å². The van der Waals surface area contributed by atoms with E-state index in [1.165, 1.54) is 6.92 Å². The zero-order chi connectivity index (χ0) is 26.0. The zero-order valence-electron chi connectivity index (χ0n) is 17.5. The minimum atomic E-state index is -4.68. The van der Waals surface area contributed by atoms with Gasteiger partial charge in [-0.3, -0.25) is 0 Å². The number of carbonyl (C=O) groups excluding carboxylic acids is 1. The molecule has 0 heterocycles. The fourth-order valence-electron chi connectivity index (χ4n) is 3.14. The summed E-state index contributed by atoms with van der Waals surface area (Å²) in [5.74, 6) is -11.6. The smallest absolute Gasteiger partial charge is 0.416 e. The van der Waals surface area contributed by atoms with E-state index in [1.807, 2.05) is 0 Å². The lowest BCUT2D eigenvalue weighted by molar-refractivity contribution is -0.139. The molecule has 2 atom stereocenters. The largest absolute Gasteiger partial charge is 0.480 e. The normalized spacial score (nSPS) is 13.4. The molecule has 0 amide bonds. The SMILES string of the molecule is COC(=O)c1c(F)c(F)c(CCC(C)C(Nc2ccc(C(F)(F)F)cc2Cl)C(=O)O)c(F)c1F. The minimum absolute atomic E-state index is 0.147. The van der Waals surface area contributed by atoms with Crippen LogP contribution in [-0.4, -0.2) is 30.2 Å². The molecule has 0 saturated heterocycles. The number of carbonyl (C=O) groups is 2. The number of anilines is 1. The molecular weight excluding hydrogens is 499 g/mol. The Bertz CT molecular complexity index is 1080. The molecular formula is C21H17ClF7NO4. The quantitative estimate of drug-likeness (QED) is 0.263. The molecule has 13 heteroatoms. The molecule has 0 radical (unpaired) electrons. The maximum Gasteiger partial charge on any atom is 0.416 e. The lowest BCUT2D eigenvalue weighted by atomic mass is 9.92. The Hall–Kier alpha value is -3.02. The summed E-state index contributed by atoms with van der Waals surface area (Å²) in [6, 6.07) is 0.692. The molecule has 0 fully saturated rings. The molecule has 2 rings (SSSR count). The van der Waals surface area contributed by atoms with Gasteiger partial charge in [-0.05, 0) is 37.0 Å². The topological polar surface area (TPSA) is 75.6 Å². The first-order valence-electron chi connectivity index (χ1n) is 9.49. The van der Waals surface area contributed by atoms with Gasteiger partial charge in [-0.25, -0.2) is 27.2 Å². The van der Waals surface area contributed by atoms with Crippen LogP contribution < -0.4 is 5.32 Å². The van der Waals surface area contributed by atoms with Gasteiger partial charge in [-0.1, -0.05) is 18.5 Å². The molecule has 0 aliphatic heterocycles. The van der Waals surface area contributed by atoms with Gasteiger partial charge in [0.2, 0.25) is 0 Å². The number of carboxylic acid groups (broad SMARTS) is 1. The molecule has 0 aromatic heterocycles. The Morgan fingerprint density at radius 1 is 1.09 bits per heavy atom. The number of methoxy groups -OCH3 is 1. The summed E-state index contributed by atoms with van der Waals surface area (Å²) >= 11 is 5.81. The predicted molar refractivity (Wildman–Crippen MR) is 107 cm³/mol. The average Bonchev–Trinajstić information content (AvgIpc) is 2.75. The van der Waals surface area contributed by atoms with Crippen LogP contribution in [0.2, 0.25) is 5.02 Å². The molecule has 0 bridgehead atoms. The third-order valence-corrected chi connectivity index (χ3v) is 5.35. The monoisotopic (exact) mass is 515 g/mol. The highest BCUT2D eigenvalue weighted by molar-refractivity contribution is 6.33. The molecule has 2 unspecified atom stereocenters. The molecule has 0 aliphatic carbocycles. The molecule has 34 heavy (non-hydrogen) atoms. The first-order valence-corrected chi connectivity index (χ1v) is 9.87. The first-order chi connectivity index (χ1) is 15.7. The lowest BCUT2D eigenvalue weighted by Crippen LogP contribution is -2.36. The van der Waals surface area contributed by atoms with Crippen LogP contribution in [-0.2, 0) is 22.1 Å². The maximum atomic E-state index is 14.3. The first kappa shape index (κ1) is 27.2. The van der Waals surface area contributed by atoms with E-state index in [0.717, 1.165) is 13.2 Å². The van der Waals surface area contributed by atoms with E-state index < -0.39 is 81.5 Å². The summed E-state index contributed by atoms with van der Waals surface area (Å²) in [5.41, 5.74) is -3.80. The van der Waals surface area contributed by atoms with E-state index in [2.05, 4.69) is 10.1 Å². The van der Waals surface area contributed by atoms with Crippen LogP contribution in [0, 0.1) is 29.2 Å². The number of alkyl halides is 3. The molecule has 5 nitrogen and oxygen atoms in total. The van der Waals surface area contributed by atoms with Gasteiger partial charge in [-0.15, -0.1) is 0 Å². The number of rotatable bonds is 8. The Kier molecular flexibility index (Phi) is 8.40. The van der Waals surface area contributed by atoms with Crippen LogP contribution in [0.15, 0.2) is 18.2 Å². The number of ether oxygens (including phenoxy) is 1. The second kappa shape index (κ2) is 10.5. The minimum Gasteiger partial charge on any atom is -0.480 e. The zero-order valence-corrected chi connectivity index (χ0v) is 18.3. The van der Waals surface area contributed by atoms with E-state index in [4.69, 9.17) is 11.6 Å². The molecule has 2 aromatic rings. The van der Waals surface area contributed by atoms with Crippen molar-refractivity contribution in [1.82, 2.24) is 0 Å². The number of benzene rings is 2. The van der Waals surface area contributed by atoms with Crippen molar-refractivity contribution in [2.45, 2.75) is 32.0 Å². The van der Waals surface area contributed by atoms with Crippen LogP contribution in [0.25, 0.3) is 0 Å². The Morgan fingerprint density at radius 3 is 2.09 bits per heavy atom. The molecule has 2 aromatic carbocycles. The summed E-state index contributed by atoms with van der Waals surface area (Å²) in [4.78, 5) is 23.1. The standard InChI is InChI=1S/C21H17ClF7NO4/c1-8(3-5-10-14(23)16(25)13(20(33)34-2)17(26)15(10)24)18(19(31)32)30-12-6-4-9(7-11(12)22)21(27,28)29/h4,6-8,18,30H,3,5H2,1-2H3,(H,31,32). The van der Waals surface area contributed by atoms with Gasteiger partial charge in [0, 0.05) is 5.56 Å². The summed E-state index contributed by atoms with van der Waals surface area (Å²) in [6.07, 6.45) is -5.67. The summed E-state index contributed by atoms with van der Waals surface area (Å²) < 4.78 is 99.3. The van der Waals surface area contributed by atoms with Crippen LogP contribution in [0.1, 0.15) is 34.8 Å². The van der Waals surface area contributed by atoms with E-state index in [0.29, 0.717) is 12.1 Å². The Labute approximate surface area is 193 Å². The van der Waals surface area contributed by atoms with Gasteiger partial charge >= 0.3 is 18.1 Å². The van der Waals surface area contributed by atoms with Crippen LogP contribution >= 0.6 is 11.6 Å². The molecule has 186 valence electrons. The van der Waals surface area contributed by atoms with Crippen LogP contribution in [0.4, 0.5) is 36.4 Å². The summed E-state index contributed by atoms with van der Waals surface area (Å²) in [5, 5.41) is 11.5. The number of hydrogen-bond donors (Lipinski definition) is 2. The van der Waals surface area contributed by atoms with Gasteiger partial charge in [0.1, 0.15) is 11.6 Å². The second-order valence-electron chi connectivity index (χ2n) is 7.27. The number of esters is 1. The van der Waals surface area contributed by atoms with Gasteiger partial charge in [0.15, 0.2) is 23.3 Å². The number of carboxylic acids is 1. The van der Waals surface area contributed by atoms with E-state index in [1.54, 1.807) is 0 Å². The molecule has 0 saturated carbocycles. The van der Waals surface area contributed by atoms with Crippen molar-refractivity contribution >= 4 is 29.2 Å². The van der Waals surface area contributed by atoms with Crippen LogP contribution in [0.5, 0.6) is 0 Å². The van der Waals surface area contributed by atoms with E-state index >= 15 is 0 Å². The van der Waals surface area contributed by atoms with Crippen LogP contribution in [0.3, 0.4) is 0 Å². The number of nitrogens with one attached hydrogen (secondary N) is 1. The van der Waals surface area contributed by atoms with Crippen molar-refractivity contribution in [3.8, 4) is 0 Å². The van der Waals surface area contributed by atoms with Crippen molar-refractivity contribution in [2.75, 3.05) is 12.4 Å². The van der Waals surface area contributed by atoms with Gasteiger partial charge < -0.3 is 15.2 Å². The lowest BCUT2D eigenvalue weighted by Gasteiger charge is -2.23. The van der Waals surface area contributed by atoms with Crippen molar-refractivity contribution in [1.29, 1.82) is 0 Å². The third kappa shape index (κ3) is 5.72. The molecule has 2 N–H and O–H groups in total. The fourth-order valence-corrected chi connectivity index (χ4v) is 3.38. The highest BCUT2D eigenvalue weighted by Gasteiger charge is 2.33. The number of aliphatic carboxylic acids is 1. The Morgan fingerprint density at radius 2 is 1.65 bits per heavy atom. The maximum absolute atomic E-state index is 14.3. The van der Waals surface area contributed by atoms with E-state index in [9.17, 15) is 45.4 Å². The highest BCUT2D eigenvalue weighted by Crippen LogP contribution is 2.34. The summed E-state index contributed by atoms with van der Waals surface area (Å²) in [7, 11) is 0.759. The molecule has 0 spiro atoms. The van der Waals surface area contributed by atoms with E-state index in [-0.39, 0.29) is 12.1 Å². The fraction of sp³-hybridized carbons (Fsp3) is 0.333.